The normalized spacial score (nSPS) is 25.2. The molecule has 0 saturated heterocycles. The minimum atomic E-state index is -0.330. The van der Waals surface area contributed by atoms with Crippen molar-refractivity contribution in [1.82, 2.24) is 4.90 Å². The lowest BCUT2D eigenvalue weighted by molar-refractivity contribution is -0.128. The number of methoxy groups -OCH3 is 1. The zero-order chi connectivity index (χ0) is 20.8. The monoisotopic (exact) mass is 395 g/mol. The predicted molar refractivity (Wildman–Crippen MR) is 114 cm³/mol. The lowest BCUT2D eigenvalue weighted by atomic mass is 9.89. The van der Waals surface area contributed by atoms with Gasteiger partial charge in [0.15, 0.2) is 0 Å². The predicted octanol–water partition coefficient (Wildman–Crippen LogP) is 3.70. The van der Waals surface area contributed by atoms with E-state index < -0.39 is 0 Å². The van der Waals surface area contributed by atoms with E-state index in [0.29, 0.717) is 12.8 Å². The highest BCUT2D eigenvalue weighted by molar-refractivity contribution is 5.75. The minimum Gasteiger partial charge on any atom is -0.396 e. The number of unbranched alkanes of at least 4 members (excludes halogenated alkanes) is 5. The number of amides is 1. The number of aliphatic hydroxyl groups excluding tert-OH is 2. The van der Waals surface area contributed by atoms with Gasteiger partial charge in [-0.05, 0) is 44.4 Å². The quantitative estimate of drug-likeness (QED) is 0.347. The molecule has 0 bridgehead atoms. The number of nitrogens with zero attached hydrogens (tertiary/aromatic N) is 1. The number of carbonyl (C=O) groups excluding carboxylic acids is 1. The maximum atomic E-state index is 11.6. The van der Waals surface area contributed by atoms with Gasteiger partial charge in [0.2, 0.25) is 5.91 Å². The molecule has 1 aliphatic carbocycles. The molecule has 2 N–H and O–H groups in total. The summed E-state index contributed by atoms with van der Waals surface area (Å²) in [5.74, 6) is 0.608. The van der Waals surface area contributed by atoms with E-state index in [-0.39, 0.29) is 36.6 Å². The number of aliphatic hydroxyl groups is 2. The Bertz CT molecular complexity index is 475. The van der Waals surface area contributed by atoms with Crippen LogP contribution in [0, 0.1) is 11.8 Å². The first kappa shape index (κ1) is 24.9. The molecule has 1 saturated carbocycles. The fraction of sp³-hybridized carbons (Fsp3) is 0.783. The van der Waals surface area contributed by atoms with Gasteiger partial charge in [-0.1, -0.05) is 37.1 Å². The van der Waals surface area contributed by atoms with E-state index in [2.05, 4.69) is 24.3 Å². The summed E-state index contributed by atoms with van der Waals surface area (Å²) in [4.78, 5) is 13.2. The average Bonchev–Trinajstić information content (AvgIpc) is 2.98. The Morgan fingerprint density at radius 1 is 1.07 bits per heavy atom. The van der Waals surface area contributed by atoms with Crippen molar-refractivity contribution >= 4 is 5.91 Å². The summed E-state index contributed by atoms with van der Waals surface area (Å²) in [6, 6.07) is 0. The number of allylic oxidation sites excluding steroid dienone is 3. The van der Waals surface area contributed by atoms with Crippen molar-refractivity contribution < 1.29 is 19.7 Å². The van der Waals surface area contributed by atoms with Crippen LogP contribution in [0.4, 0.5) is 0 Å². The summed E-state index contributed by atoms with van der Waals surface area (Å²) in [6.45, 7) is 0.284. The van der Waals surface area contributed by atoms with Crippen molar-refractivity contribution in [3.63, 3.8) is 0 Å². The standard InChI is InChI=1S/C23H41NO4/c1-24(2)23(27)16-12-8-7-10-14-19-20(22(28-3)18-21(19)26)15-11-6-4-5-9-13-17-25/h7,10-11,15,19-22,25-26H,4-6,8-9,12-14,16-18H2,1-3H3/t19?,20-,21+,22-/m1/s1. The molecule has 5 nitrogen and oxygen atoms in total. The molecule has 1 aliphatic rings. The molecule has 1 fully saturated rings. The van der Waals surface area contributed by atoms with Gasteiger partial charge in [0, 0.05) is 46.6 Å². The second-order valence-electron chi connectivity index (χ2n) is 8.06. The molecule has 5 heteroatoms. The molecule has 0 aliphatic heterocycles. The Morgan fingerprint density at radius 3 is 2.46 bits per heavy atom. The average molecular weight is 396 g/mol. The van der Waals surface area contributed by atoms with Crippen molar-refractivity contribution in [1.29, 1.82) is 0 Å². The van der Waals surface area contributed by atoms with Gasteiger partial charge < -0.3 is 19.8 Å². The second kappa shape index (κ2) is 14.8. The summed E-state index contributed by atoms with van der Waals surface area (Å²) < 4.78 is 5.62. The van der Waals surface area contributed by atoms with Crippen LogP contribution in [-0.2, 0) is 9.53 Å². The van der Waals surface area contributed by atoms with Crippen LogP contribution in [0.15, 0.2) is 24.3 Å². The summed E-state index contributed by atoms with van der Waals surface area (Å²) in [5.41, 5.74) is 0. The fourth-order valence-electron chi connectivity index (χ4n) is 3.88. The lowest BCUT2D eigenvalue weighted by Gasteiger charge is -2.20. The number of hydrogen-bond acceptors (Lipinski definition) is 4. The third-order valence-electron chi connectivity index (χ3n) is 5.67. The SMILES string of the molecule is CO[C@@H]1C[C@H](O)C(CC=CCCCC(=O)N(C)C)[C@H]1C=CCCCCCCO. The molecular weight excluding hydrogens is 354 g/mol. The van der Waals surface area contributed by atoms with Gasteiger partial charge in [0.1, 0.15) is 0 Å². The van der Waals surface area contributed by atoms with Gasteiger partial charge in [-0.15, -0.1) is 0 Å². The molecule has 1 amide bonds. The molecule has 4 atom stereocenters. The molecule has 162 valence electrons. The van der Waals surface area contributed by atoms with E-state index in [1.807, 2.05) is 0 Å². The molecule has 28 heavy (non-hydrogen) atoms. The van der Waals surface area contributed by atoms with Crippen LogP contribution in [-0.4, -0.2) is 61.0 Å². The summed E-state index contributed by atoms with van der Waals surface area (Å²) in [7, 11) is 5.30. The van der Waals surface area contributed by atoms with E-state index in [9.17, 15) is 9.90 Å². The van der Waals surface area contributed by atoms with Crippen LogP contribution >= 0.6 is 0 Å². The lowest BCUT2D eigenvalue weighted by Crippen LogP contribution is -2.21. The second-order valence-corrected chi connectivity index (χ2v) is 8.06. The molecule has 0 spiro atoms. The fourth-order valence-corrected chi connectivity index (χ4v) is 3.88. The zero-order valence-electron chi connectivity index (χ0n) is 18.1. The Kier molecular flexibility index (Phi) is 13.1. The van der Waals surface area contributed by atoms with Crippen molar-refractivity contribution in [2.24, 2.45) is 11.8 Å². The third kappa shape index (κ3) is 9.35. The molecule has 0 radical (unpaired) electrons. The smallest absolute Gasteiger partial charge is 0.222 e. The van der Waals surface area contributed by atoms with Crippen LogP contribution in [0.25, 0.3) is 0 Å². The van der Waals surface area contributed by atoms with Gasteiger partial charge >= 0.3 is 0 Å². The summed E-state index contributed by atoms with van der Waals surface area (Å²) in [5, 5.41) is 19.3. The van der Waals surface area contributed by atoms with E-state index in [1.165, 1.54) is 0 Å². The molecule has 0 heterocycles. The highest BCUT2D eigenvalue weighted by Gasteiger charge is 2.40. The molecule has 0 aromatic carbocycles. The van der Waals surface area contributed by atoms with Crippen LogP contribution in [0.1, 0.15) is 64.2 Å². The minimum absolute atomic E-state index is 0.0803. The maximum Gasteiger partial charge on any atom is 0.222 e. The Labute approximate surface area is 171 Å². The van der Waals surface area contributed by atoms with E-state index in [4.69, 9.17) is 9.84 Å². The van der Waals surface area contributed by atoms with Gasteiger partial charge in [-0.25, -0.2) is 0 Å². The van der Waals surface area contributed by atoms with Crippen molar-refractivity contribution in [3.8, 4) is 0 Å². The molecule has 0 aromatic rings. The molecule has 1 unspecified atom stereocenters. The summed E-state index contributed by atoms with van der Waals surface area (Å²) in [6.07, 6.45) is 17.7. The topological polar surface area (TPSA) is 70.0 Å². The van der Waals surface area contributed by atoms with Gasteiger partial charge in [0.25, 0.3) is 0 Å². The highest BCUT2D eigenvalue weighted by Crippen LogP contribution is 2.38. The first-order chi connectivity index (χ1) is 13.5. The van der Waals surface area contributed by atoms with Gasteiger partial charge in [0.05, 0.1) is 12.2 Å². The number of hydrogen-bond donors (Lipinski definition) is 2. The van der Waals surface area contributed by atoms with Gasteiger partial charge in [-0.2, -0.15) is 0 Å². The number of rotatable bonds is 14. The number of ether oxygens (including phenoxy) is 1. The van der Waals surface area contributed by atoms with Gasteiger partial charge in [-0.3, -0.25) is 4.79 Å². The maximum absolute atomic E-state index is 11.6. The van der Waals surface area contributed by atoms with E-state index in [1.54, 1.807) is 26.1 Å². The van der Waals surface area contributed by atoms with E-state index in [0.717, 1.165) is 51.4 Å². The Morgan fingerprint density at radius 2 is 1.79 bits per heavy atom. The van der Waals surface area contributed by atoms with E-state index >= 15 is 0 Å². The Hall–Kier alpha value is -1.17. The van der Waals surface area contributed by atoms with Crippen molar-refractivity contribution in [2.75, 3.05) is 27.8 Å². The van der Waals surface area contributed by atoms with Crippen molar-refractivity contribution in [3.05, 3.63) is 24.3 Å². The van der Waals surface area contributed by atoms with Crippen LogP contribution in [0.2, 0.25) is 0 Å². The molecule has 1 rings (SSSR count). The highest BCUT2D eigenvalue weighted by atomic mass is 16.5. The van der Waals surface area contributed by atoms with Crippen LogP contribution in [0.3, 0.4) is 0 Å². The van der Waals surface area contributed by atoms with Crippen molar-refractivity contribution in [2.45, 2.75) is 76.4 Å². The Balaban J connectivity index is 2.41. The molecule has 0 aromatic heterocycles. The third-order valence-corrected chi connectivity index (χ3v) is 5.67. The van der Waals surface area contributed by atoms with Crippen LogP contribution < -0.4 is 0 Å². The number of carbonyl (C=O) groups is 1. The molecular formula is C23H41NO4. The first-order valence-corrected chi connectivity index (χ1v) is 10.8. The first-order valence-electron chi connectivity index (χ1n) is 10.8. The largest absolute Gasteiger partial charge is 0.396 e. The zero-order valence-corrected chi connectivity index (χ0v) is 18.1. The van der Waals surface area contributed by atoms with Crippen LogP contribution in [0.5, 0.6) is 0 Å². The summed E-state index contributed by atoms with van der Waals surface area (Å²) >= 11 is 0.